The van der Waals surface area contributed by atoms with Crippen LogP contribution in [0, 0.1) is 16.0 Å². The molecule has 2 aromatic rings. The van der Waals surface area contributed by atoms with E-state index in [9.17, 15) is 14.9 Å². The molecule has 30 heavy (non-hydrogen) atoms. The first-order valence-electron chi connectivity index (χ1n) is 9.53. The van der Waals surface area contributed by atoms with Crippen LogP contribution in [0.5, 0.6) is 23.0 Å². The summed E-state index contributed by atoms with van der Waals surface area (Å²) in [4.78, 5) is 23.0. The van der Waals surface area contributed by atoms with Gasteiger partial charge in [0.15, 0.2) is 29.6 Å². The summed E-state index contributed by atoms with van der Waals surface area (Å²) in [6.07, 6.45) is 0. The summed E-state index contributed by atoms with van der Waals surface area (Å²) < 4.78 is 21.8. The molecule has 0 aromatic heterocycles. The fourth-order valence-electron chi connectivity index (χ4n) is 3.14. The van der Waals surface area contributed by atoms with E-state index >= 15 is 0 Å². The van der Waals surface area contributed by atoms with Crippen LogP contribution in [0.15, 0.2) is 36.4 Å². The summed E-state index contributed by atoms with van der Waals surface area (Å²) in [6, 6.07) is 9.28. The van der Waals surface area contributed by atoms with Crippen LogP contribution in [0.4, 0.5) is 5.69 Å². The number of nitro benzene ring substituents is 1. The van der Waals surface area contributed by atoms with Crippen LogP contribution in [-0.4, -0.2) is 37.8 Å². The monoisotopic (exact) mass is 416 g/mol. The van der Waals surface area contributed by atoms with Gasteiger partial charge in [0, 0.05) is 6.07 Å². The maximum absolute atomic E-state index is 12.5. The lowest BCUT2D eigenvalue weighted by Gasteiger charge is -2.25. The van der Waals surface area contributed by atoms with Gasteiger partial charge in [-0.25, -0.2) is 0 Å². The number of benzene rings is 2. The second-order valence-electron chi connectivity index (χ2n) is 7.07. The molecule has 160 valence electrons. The van der Waals surface area contributed by atoms with Crippen LogP contribution in [0.25, 0.3) is 0 Å². The van der Waals surface area contributed by atoms with Crippen molar-refractivity contribution in [3.05, 3.63) is 52.1 Å². The molecule has 0 spiro atoms. The first-order valence-corrected chi connectivity index (χ1v) is 9.53. The number of non-ortho nitro benzene ring substituents is 1. The third-order valence-corrected chi connectivity index (χ3v) is 4.63. The van der Waals surface area contributed by atoms with E-state index in [-0.39, 0.29) is 35.9 Å². The Bertz CT molecular complexity index is 930. The van der Waals surface area contributed by atoms with Crippen molar-refractivity contribution < 1.29 is 28.7 Å². The molecule has 1 N–H and O–H groups in total. The van der Waals surface area contributed by atoms with Crippen molar-refractivity contribution >= 4 is 11.6 Å². The van der Waals surface area contributed by atoms with Gasteiger partial charge in [0.2, 0.25) is 0 Å². The van der Waals surface area contributed by atoms with Crippen molar-refractivity contribution in [2.45, 2.75) is 19.9 Å². The summed E-state index contributed by atoms with van der Waals surface area (Å²) in [5.41, 5.74) is 0.734. The van der Waals surface area contributed by atoms with Crippen LogP contribution in [0.1, 0.15) is 25.5 Å². The summed E-state index contributed by atoms with van der Waals surface area (Å²) >= 11 is 0. The van der Waals surface area contributed by atoms with Crippen LogP contribution in [0.2, 0.25) is 0 Å². The average molecular weight is 416 g/mol. The van der Waals surface area contributed by atoms with E-state index in [1.807, 2.05) is 32.0 Å². The molecule has 9 heteroatoms. The molecule has 0 saturated carbocycles. The lowest BCUT2D eigenvalue weighted by atomic mass is 9.95. The average Bonchev–Trinajstić information content (AvgIpc) is 2.75. The van der Waals surface area contributed by atoms with E-state index in [0.29, 0.717) is 30.5 Å². The van der Waals surface area contributed by atoms with Crippen LogP contribution < -0.4 is 24.3 Å². The van der Waals surface area contributed by atoms with Gasteiger partial charge in [-0.05, 0) is 29.7 Å². The maximum atomic E-state index is 12.5. The van der Waals surface area contributed by atoms with Gasteiger partial charge in [-0.2, -0.15) is 0 Å². The third-order valence-electron chi connectivity index (χ3n) is 4.63. The summed E-state index contributed by atoms with van der Waals surface area (Å²) in [5.74, 6) is 1.50. The first-order chi connectivity index (χ1) is 14.4. The summed E-state index contributed by atoms with van der Waals surface area (Å²) in [6.45, 7) is 4.66. The van der Waals surface area contributed by atoms with Gasteiger partial charge < -0.3 is 24.3 Å². The largest absolute Gasteiger partial charge is 0.493 e. The zero-order valence-corrected chi connectivity index (χ0v) is 17.0. The summed E-state index contributed by atoms with van der Waals surface area (Å²) in [5, 5.41) is 13.9. The van der Waals surface area contributed by atoms with E-state index in [0.717, 1.165) is 5.56 Å². The van der Waals surface area contributed by atoms with Crippen LogP contribution in [0.3, 0.4) is 0 Å². The highest BCUT2D eigenvalue weighted by Crippen LogP contribution is 2.34. The minimum absolute atomic E-state index is 0.101. The standard InChI is InChI=1S/C21H24N2O7/c1-13(2)21(14-4-6-17-18(10-14)29-9-8-28-17)22-20(24)12-30-19-11-15(23(25)26)5-7-16(19)27-3/h4-7,10-11,13,21H,8-9,12H2,1-3H3,(H,22,24). The Hall–Kier alpha value is -3.49. The second-order valence-corrected chi connectivity index (χ2v) is 7.07. The van der Waals surface area contributed by atoms with E-state index in [1.54, 1.807) is 0 Å². The van der Waals surface area contributed by atoms with E-state index in [1.165, 1.54) is 25.3 Å². The number of methoxy groups -OCH3 is 1. The van der Waals surface area contributed by atoms with Gasteiger partial charge in [0.25, 0.3) is 11.6 Å². The zero-order valence-electron chi connectivity index (χ0n) is 17.0. The SMILES string of the molecule is COc1ccc([N+](=O)[O-])cc1OCC(=O)NC(c1ccc2c(c1)OCCO2)C(C)C. The number of nitro groups is 1. The van der Waals surface area contributed by atoms with E-state index < -0.39 is 4.92 Å². The highest BCUT2D eigenvalue weighted by atomic mass is 16.6. The van der Waals surface area contributed by atoms with E-state index in [2.05, 4.69) is 5.32 Å². The van der Waals surface area contributed by atoms with E-state index in [4.69, 9.17) is 18.9 Å². The van der Waals surface area contributed by atoms with Crippen LogP contribution in [-0.2, 0) is 4.79 Å². The molecule has 0 bridgehead atoms. The Morgan fingerprint density at radius 2 is 1.87 bits per heavy atom. The number of rotatable bonds is 8. The zero-order chi connectivity index (χ0) is 21.7. The van der Waals surface area contributed by atoms with Crippen LogP contribution >= 0.6 is 0 Å². The number of nitrogens with one attached hydrogen (secondary N) is 1. The number of nitrogens with zero attached hydrogens (tertiary/aromatic N) is 1. The first kappa shape index (κ1) is 21.2. The third kappa shape index (κ3) is 4.91. The van der Waals surface area contributed by atoms with Gasteiger partial charge in [0.05, 0.1) is 24.1 Å². The predicted octanol–water partition coefficient (Wildman–Crippen LogP) is 3.27. The molecular formula is C21H24N2O7. The van der Waals surface area contributed by atoms with Gasteiger partial charge >= 0.3 is 0 Å². The van der Waals surface area contributed by atoms with Crippen molar-refractivity contribution in [2.24, 2.45) is 5.92 Å². The lowest BCUT2D eigenvalue weighted by molar-refractivity contribution is -0.385. The number of ether oxygens (including phenoxy) is 4. The summed E-state index contributed by atoms with van der Waals surface area (Å²) in [7, 11) is 1.42. The van der Waals surface area contributed by atoms with Crippen molar-refractivity contribution in [3.63, 3.8) is 0 Å². The van der Waals surface area contributed by atoms with Gasteiger partial charge in [-0.3, -0.25) is 14.9 Å². The number of amides is 1. The molecule has 1 aliphatic rings. The molecule has 0 saturated heterocycles. The van der Waals surface area contributed by atoms with Gasteiger partial charge in [-0.1, -0.05) is 19.9 Å². The Labute approximate surface area is 174 Å². The number of carbonyl (C=O) groups excluding carboxylic acids is 1. The smallest absolute Gasteiger partial charge is 0.273 e. The molecule has 0 aliphatic carbocycles. The number of carbonyl (C=O) groups is 1. The molecule has 1 atom stereocenters. The molecule has 1 unspecified atom stereocenters. The Morgan fingerprint density at radius 1 is 1.13 bits per heavy atom. The lowest BCUT2D eigenvalue weighted by Crippen LogP contribution is -2.35. The molecule has 1 amide bonds. The molecule has 1 aliphatic heterocycles. The van der Waals surface area contributed by atoms with Crippen molar-refractivity contribution in [2.75, 3.05) is 26.9 Å². The molecule has 2 aromatic carbocycles. The topological polar surface area (TPSA) is 109 Å². The molecule has 0 fully saturated rings. The fraction of sp³-hybridized carbons (Fsp3) is 0.381. The highest BCUT2D eigenvalue weighted by molar-refractivity contribution is 5.78. The number of hydrogen-bond donors (Lipinski definition) is 1. The minimum atomic E-state index is -0.539. The molecular weight excluding hydrogens is 392 g/mol. The Kier molecular flexibility index (Phi) is 6.61. The maximum Gasteiger partial charge on any atom is 0.273 e. The molecule has 9 nitrogen and oxygen atoms in total. The highest BCUT2D eigenvalue weighted by Gasteiger charge is 2.22. The van der Waals surface area contributed by atoms with Gasteiger partial charge in [-0.15, -0.1) is 0 Å². The normalized spacial score (nSPS) is 13.5. The fourth-order valence-corrected chi connectivity index (χ4v) is 3.14. The number of fused-ring (bicyclic) bond motifs is 1. The molecule has 1 heterocycles. The number of hydrogen-bond acceptors (Lipinski definition) is 7. The van der Waals surface area contributed by atoms with Crippen molar-refractivity contribution in [1.82, 2.24) is 5.32 Å². The van der Waals surface area contributed by atoms with Crippen molar-refractivity contribution in [1.29, 1.82) is 0 Å². The quantitative estimate of drug-likeness (QED) is 0.519. The predicted molar refractivity (Wildman–Crippen MR) is 108 cm³/mol. The van der Waals surface area contributed by atoms with Gasteiger partial charge in [0.1, 0.15) is 13.2 Å². The Balaban J connectivity index is 1.69. The van der Waals surface area contributed by atoms with Crippen molar-refractivity contribution in [3.8, 4) is 23.0 Å². The molecule has 0 radical (unpaired) electrons. The molecule has 3 rings (SSSR count). The minimum Gasteiger partial charge on any atom is -0.493 e. The second kappa shape index (κ2) is 9.34. The Morgan fingerprint density at radius 3 is 2.53 bits per heavy atom.